The van der Waals surface area contributed by atoms with E-state index in [9.17, 15) is 22.4 Å². The minimum Gasteiger partial charge on any atom is -0.479 e. The molecule has 1 aliphatic heterocycles. The van der Waals surface area contributed by atoms with Crippen LogP contribution in [0.25, 0.3) is 27.7 Å². The number of likely N-dealkylation sites (tertiary alicyclic amines) is 1. The number of hydrogen-bond donors (Lipinski definition) is 1. The number of piperidine rings is 1. The van der Waals surface area contributed by atoms with Crippen molar-refractivity contribution < 1.29 is 27.1 Å². The summed E-state index contributed by atoms with van der Waals surface area (Å²) in [7, 11) is 1.40. The van der Waals surface area contributed by atoms with Crippen LogP contribution in [0.5, 0.6) is 5.88 Å². The van der Waals surface area contributed by atoms with E-state index in [0.29, 0.717) is 27.7 Å². The standard InChI is InChI=1S/C23H24F4N8O2/c1-13(36)33-8-7-18(23(26,27)12-33)28-21-29-20(37-3)19-15(6-9-34(19)31-21)14-4-5-16-17(10-14)35(32-30-16)11-22(2,24)25/h4-6,9-10,18H,7-8,11-12H2,1-3H3,(H,28,31)/t18-/m1/s1. The molecular weight excluding hydrogens is 496 g/mol. The first-order valence-electron chi connectivity index (χ1n) is 11.5. The lowest BCUT2D eigenvalue weighted by atomic mass is 10.0. The van der Waals surface area contributed by atoms with Gasteiger partial charge in [0.25, 0.3) is 11.8 Å². The fraction of sp³-hybridized carbons (Fsp3) is 0.435. The number of nitrogens with one attached hydrogen (secondary N) is 1. The number of anilines is 1. The first-order valence-corrected chi connectivity index (χ1v) is 11.5. The number of benzene rings is 1. The number of ether oxygens (including phenoxy) is 1. The Morgan fingerprint density at radius 2 is 2.08 bits per heavy atom. The molecule has 10 nitrogen and oxygen atoms in total. The van der Waals surface area contributed by atoms with E-state index < -0.39 is 36.9 Å². The number of alkyl halides is 4. The summed E-state index contributed by atoms with van der Waals surface area (Å²) >= 11 is 0. The van der Waals surface area contributed by atoms with Crippen LogP contribution >= 0.6 is 0 Å². The molecule has 1 aromatic carbocycles. The third kappa shape index (κ3) is 4.74. The van der Waals surface area contributed by atoms with Gasteiger partial charge in [0.05, 0.1) is 25.2 Å². The molecule has 5 rings (SSSR count). The van der Waals surface area contributed by atoms with Crippen molar-refractivity contribution in [2.24, 2.45) is 0 Å². The van der Waals surface area contributed by atoms with E-state index in [0.717, 1.165) is 16.5 Å². The van der Waals surface area contributed by atoms with E-state index >= 15 is 0 Å². The monoisotopic (exact) mass is 520 g/mol. The molecule has 1 aliphatic rings. The van der Waals surface area contributed by atoms with Gasteiger partial charge in [0, 0.05) is 32.2 Å². The summed E-state index contributed by atoms with van der Waals surface area (Å²) in [5.74, 6) is -6.49. The number of methoxy groups -OCH3 is 1. The van der Waals surface area contributed by atoms with Gasteiger partial charge in [-0.1, -0.05) is 11.3 Å². The predicted octanol–water partition coefficient (Wildman–Crippen LogP) is 3.47. The maximum atomic E-state index is 14.7. The Labute approximate surface area is 208 Å². The summed E-state index contributed by atoms with van der Waals surface area (Å²) in [5.41, 5.74) is 2.65. The summed E-state index contributed by atoms with van der Waals surface area (Å²) in [5, 5.41) is 14.8. The number of rotatable bonds is 6. The zero-order chi connectivity index (χ0) is 26.5. The van der Waals surface area contributed by atoms with Crippen LogP contribution in [0.2, 0.25) is 0 Å². The number of halogens is 4. The molecule has 4 heterocycles. The normalized spacial score (nSPS) is 17.9. The molecule has 14 heteroatoms. The molecule has 0 saturated carbocycles. The Bertz CT molecular complexity index is 1480. The second-order valence-corrected chi connectivity index (χ2v) is 9.18. The van der Waals surface area contributed by atoms with Crippen molar-refractivity contribution >= 4 is 28.4 Å². The predicted molar refractivity (Wildman–Crippen MR) is 126 cm³/mol. The highest BCUT2D eigenvalue weighted by molar-refractivity contribution is 5.89. The molecule has 196 valence electrons. The van der Waals surface area contributed by atoms with Crippen molar-refractivity contribution in [3.8, 4) is 17.0 Å². The van der Waals surface area contributed by atoms with Gasteiger partial charge in [0.1, 0.15) is 17.6 Å². The Balaban J connectivity index is 1.48. The van der Waals surface area contributed by atoms with Crippen LogP contribution < -0.4 is 10.1 Å². The Kier molecular flexibility index (Phi) is 5.91. The molecule has 1 atom stereocenters. The molecule has 0 radical (unpaired) electrons. The van der Waals surface area contributed by atoms with E-state index in [-0.39, 0.29) is 24.8 Å². The lowest BCUT2D eigenvalue weighted by molar-refractivity contribution is -0.140. The highest BCUT2D eigenvalue weighted by Crippen LogP contribution is 2.34. The largest absolute Gasteiger partial charge is 0.479 e. The third-order valence-electron chi connectivity index (χ3n) is 6.27. The lowest BCUT2D eigenvalue weighted by Crippen LogP contribution is -2.55. The molecule has 0 unspecified atom stereocenters. The Morgan fingerprint density at radius 1 is 1.30 bits per heavy atom. The minimum atomic E-state index is -3.18. The van der Waals surface area contributed by atoms with Crippen molar-refractivity contribution in [1.82, 2.24) is 34.5 Å². The first-order chi connectivity index (χ1) is 17.4. The van der Waals surface area contributed by atoms with Gasteiger partial charge in [-0.05, 0) is 30.2 Å². The van der Waals surface area contributed by atoms with Gasteiger partial charge in [0.15, 0.2) is 0 Å². The van der Waals surface area contributed by atoms with Gasteiger partial charge >= 0.3 is 0 Å². The highest BCUT2D eigenvalue weighted by atomic mass is 19.3. The van der Waals surface area contributed by atoms with Crippen LogP contribution in [0, 0.1) is 0 Å². The van der Waals surface area contributed by atoms with Gasteiger partial charge in [0.2, 0.25) is 17.7 Å². The average molecular weight is 520 g/mol. The van der Waals surface area contributed by atoms with E-state index in [1.807, 2.05) is 0 Å². The first kappa shape index (κ1) is 24.7. The van der Waals surface area contributed by atoms with Crippen LogP contribution in [0.15, 0.2) is 30.5 Å². The van der Waals surface area contributed by atoms with Crippen LogP contribution in [0.1, 0.15) is 20.3 Å². The molecule has 0 aliphatic carbocycles. The number of carbonyl (C=O) groups excluding carboxylic acids is 1. The summed E-state index contributed by atoms with van der Waals surface area (Å²) in [6, 6.07) is 5.58. The van der Waals surface area contributed by atoms with E-state index in [4.69, 9.17) is 4.74 Å². The van der Waals surface area contributed by atoms with Crippen LogP contribution in [0.3, 0.4) is 0 Å². The van der Waals surface area contributed by atoms with Crippen LogP contribution in [-0.4, -0.2) is 78.5 Å². The molecule has 1 fully saturated rings. The Hall–Kier alpha value is -3.97. The fourth-order valence-electron chi connectivity index (χ4n) is 4.48. The second kappa shape index (κ2) is 8.85. The summed E-state index contributed by atoms with van der Waals surface area (Å²) in [4.78, 5) is 16.9. The summed E-state index contributed by atoms with van der Waals surface area (Å²) < 4.78 is 64.7. The maximum Gasteiger partial charge on any atom is 0.285 e. The van der Waals surface area contributed by atoms with Gasteiger partial charge in [-0.15, -0.1) is 10.2 Å². The van der Waals surface area contributed by atoms with Gasteiger partial charge in [-0.25, -0.2) is 26.8 Å². The van der Waals surface area contributed by atoms with Crippen molar-refractivity contribution in [2.45, 2.75) is 44.7 Å². The lowest BCUT2D eigenvalue weighted by Gasteiger charge is -2.38. The fourth-order valence-corrected chi connectivity index (χ4v) is 4.48. The van der Waals surface area contributed by atoms with Crippen molar-refractivity contribution in [3.63, 3.8) is 0 Å². The molecule has 1 saturated heterocycles. The Morgan fingerprint density at radius 3 is 2.76 bits per heavy atom. The number of hydrogen-bond acceptors (Lipinski definition) is 7. The smallest absolute Gasteiger partial charge is 0.285 e. The SMILES string of the molecule is COc1nc(N[C@@H]2CCN(C(C)=O)CC2(F)F)nn2ccc(-c3ccc4nnn(CC(C)(F)F)c4c3)c12. The molecule has 0 bridgehead atoms. The van der Waals surface area contributed by atoms with Gasteiger partial charge in [-0.3, -0.25) is 4.79 Å². The van der Waals surface area contributed by atoms with Gasteiger partial charge in [-0.2, -0.15) is 4.98 Å². The van der Waals surface area contributed by atoms with E-state index in [1.54, 1.807) is 30.5 Å². The van der Waals surface area contributed by atoms with Crippen LogP contribution in [-0.2, 0) is 11.3 Å². The number of aromatic nitrogens is 6. The summed E-state index contributed by atoms with van der Waals surface area (Å²) in [6.45, 7) is 0.942. The molecule has 37 heavy (non-hydrogen) atoms. The molecule has 0 spiro atoms. The third-order valence-corrected chi connectivity index (χ3v) is 6.27. The van der Waals surface area contributed by atoms with Crippen molar-refractivity contribution in [3.05, 3.63) is 30.5 Å². The second-order valence-electron chi connectivity index (χ2n) is 9.18. The van der Waals surface area contributed by atoms with Crippen LogP contribution in [0.4, 0.5) is 23.5 Å². The summed E-state index contributed by atoms with van der Waals surface area (Å²) in [6.07, 6.45) is 1.64. The van der Waals surface area contributed by atoms with Crippen molar-refractivity contribution in [1.29, 1.82) is 0 Å². The number of amides is 1. The maximum absolute atomic E-state index is 14.7. The molecule has 1 amide bonds. The minimum absolute atomic E-state index is 0.0196. The number of fused-ring (bicyclic) bond motifs is 2. The molecule has 4 aromatic rings. The molecule has 3 aromatic heterocycles. The molecule has 1 N–H and O–H groups in total. The average Bonchev–Trinajstić information content (AvgIpc) is 3.42. The van der Waals surface area contributed by atoms with E-state index in [2.05, 4.69) is 25.7 Å². The van der Waals surface area contributed by atoms with Crippen molar-refractivity contribution in [2.75, 3.05) is 25.5 Å². The zero-order valence-electron chi connectivity index (χ0n) is 20.3. The topological polar surface area (TPSA) is 102 Å². The number of nitrogens with zero attached hydrogens (tertiary/aromatic N) is 7. The highest BCUT2D eigenvalue weighted by Gasteiger charge is 2.45. The number of carbonyl (C=O) groups is 1. The van der Waals surface area contributed by atoms with E-state index in [1.165, 1.54) is 18.5 Å². The quantitative estimate of drug-likeness (QED) is 0.389. The van der Waals surface area contributed by atoms with Gasteiger partial charge < -0.3 is 15.0 Å². The molecular formula is C23H24F4N8O2. The zero-order valence-corrected chi connectivity index (χ0v) is 20.3.